The molecule has 25 heavy (non-hydrogen) atoms. The maximum Gasteiger partial charge on any atom is 0.236 e. The number of nitrogens with zero attached hydrogens (tertiary/aromatic N) is 2. The number of rotatable bonds is 5. The fourth-order valence-electron chi connectivity index (χ4n) is 3.13. The number of amides is 1. The molecule has 0 bridgehead atoms. The van der Waals surface area contributed by atoms with E-state index in [0.29, 0.717) is 6.54 Å². The zero-order valence-corrected chi connectivity index (χ0v) is 15.3. The summed E-state index contributed by atoms with van der Waals surface area (Å²) >= 11 is 6.06. The van der Waals surface area contributed by atoms with Crippen LogP contribution in [-0.4, -0.2) is 43.5 Å². The molecule has 0 atom stereocenters. The fourth-order valence-corrected chi connectivity index (χ4v) is 3.32. The van der Waals surface area contributed by atoms with Gasteiger partial charge in [-0.05, 0) is 30.7 Å². The first-order chi connectivity index (χ1) is 12.1. The molecule has 0 radical (unpaired) electrons. The number of nitrogens with one attached hydrogen (secondary N) is 1. The molecule has 1 aliphatic heterocycles. The van der Waals surface area contributed by atoms with Gasteiger partial charge in [-0.3, -0.25) is 4.79 Å². The Kier molecular flexibility index (Phi) is 5.95. The standard InChI is InChI=1S/C20H24ClN3O/c1-16-4-2-5-17(12-16)14-22-15-20(25)24-10-8-23(9-11-24)19-7-3-6-18(21)13-19/h2-7,12-13,22H,8-11,14-15H2,1H3. The van der Waals surface area contributed by atoms with Gasteiger partial charge in [-0.2, -0.15) is 0 Å². The monoisotopic (exact) mass is 357 g/mol. The molecule has 132 valence electrons. The lowest BCUT2D eigenvalue weighted by atomic mass is 10.1. The molecule has 2 aromatic carbocycles. The lowest BCUT2D eigenvalue weighted by Gasteiger charge is -2.36. The highest BCUT2D eigenvalue weighted by Crippen LogP contribution is 2.20. The Morgan fingerprint density at radius 2 is 1.84 bits per heavy atom. The zero-order valence-electron chi connectivity index (χ0n) is 14.5. The highest BCUT2D eigenvalue weighted by Gasteiger charge is 2.20. The Labute approximate surface area is 154 Å². The van der Waals surface area contributed by atoms with Crippen LogP contribution in [0.25, 0.3) is 0 Å². The molecule has 1 saturated heterocycles. The molecule has 5 heteroatoms. The normalized spacial score (nSPS) is 14.6. The van der Waals surface area contributed by atoms with E-state index in [4.69, 9.17) is 11.6 Å². The van der Waals surface area contributed by atoms with Crippen molar-refractivity contribution in [2.24, 2.45) is 0 Å². The SMILES string of the molecule is Cc1cccc(CNCC(=O)N2CCN(c3cccc(Cl)c3)CC2)c1. The fraction of sp³-hybridized carbons (Fsp3) is 0.350. The summed E-state index contributed by atoms with van der Waals surface area (Å²) in [5.41, 5.74) is 3.57. The van der Waals surface area contributed by atoms with Crippen LogP contribution in [0.3, 0.4) is 0 Å². The number of halogens is 1. The van der Waals surface area contributed by atoms with Crippen molar-refractivity contribution in [3.8, 4) is 0 Å². The van der Waals surface area contributed by atoms with Gasteiger partial charge in [0.1, 0.15) is 0 Å². The van der Waals surface area contributed by atoms with Gasteiger partial charge in [0.2, 0.25) is 5.91 Å². The number of hydrogen-bond donors (Lipinski definition) is 1. The minimum absolute atomic E-state index is 0.165. The summed E-state index contributed by atoms with van der Waals surface area (Å²) < 4.78 is 0. The maximum atomic E-state index is 12.4. The van der Waals surface area contributed by atoms with Crippen molar-refractivity contribution in [1.29, 1.82) is 0 Å². The molecule has 0 aliphatic carbocycles. The van der Waals surface area contributed by atoms with Crippen molar-refractivity contribution in [3.63, 3.8) is 0 Å². The minimum atomic E-state index is 0.165. The zero-order chi connectivity index (χ0) is 17.6. The van der Waals surface area contributed by atoms with E-state index in [1.165, 1.54) is 11.1 Å². The predicted molar refractivity (Wildman–Crippen MR) is 103 cm³/mol. The molecular weight excluding hydrogens is 334 g/mol. The number of hydrogen-bond acceptors (Lipinski definition) is 3. The van der Waals surface area contributed by atoms with Crippen LogP contribution in [0.4, 0.5) is 5.69 Å². The maximum absolute atomic E-state index is 12.4. The van der Waals surface area contributed by atoms with E-state index < -0.39 is 0 Å². The first kappa shape index (κ1) is 17.8. The molecular formula is C20H24ClN3O. The molecule has 1 fully saturated rings. The molecule has 1 N–H and O–H groups in total. The average molecular weight is 358 g/mol. The van der Waals surface area contributed by atoms with Crippen LogP contribution in [0.5, 0.6) is 0 Å². The summed E-state index contributed by atoms with van der Waals surface area (Å²) in [6.07, 6.45) is 0. The molecule has 0 saturated carbocycles. The Morgan fingerprint density at radius 1 is 1.08 bits per heavy atom. The van der Waals surface area contributed by atoms with E-state index in [-0.39, 0.29) is 5.91 Å². The highest BCUT2D eigenvalue weighted by atomic mass is 35.5. The first-order valence-corrected chi connectivity index (χ1v) is 9.04. The number of carbonyl (C=O) groups excluding carboxylic acids is 1. The second-order valence-corrected chi connectivity index (χ2v) is 6.88. The van der Waals surface area contributed by atoms with Crippen molar-refractivity contribution in [2.45, 2.75) is 13.5 Å². The molecule has 1 heterocycles. The Hall–Kier alpha value is -2.04. The molecule has 1 amide bonds. The summed E-state index contributed by atoms with van der Waals surface area (Å²) in [7, 11) is 0. The van der Waals surface area contributed by atoms with Crippen LogP contribution >= 0.6 is 11.6 Å². The number of anilines is 1. The van der Waals surface area contributed by atoms with E-state index >= 15 is 0 Å². The third-order valence-corrected chi connectivity index (χ3v) is 4.73. The van der Waals surface area contributed by atoms with Crippen molar-refractivity contribution in [3.05, 3.63) is 64.7 Å². The molecule has 3 rings (SSSR count). The van der Waals surface area contributed by atoms with E-state index in [2.05, 4.69) is 41.4 Å². The molecule has 2 aromatic rings. The summed E-state index contributed by atoms with van der Waals surface area (Å²) in [6, 6.07) is 16.2. The van der Waals surface area contributed by atoms with Gasteiger partial charge in [0.05, 0.1) is 6.54 Å². The number of benzene rings is 2. The van der Waals surface area contributed by atoms with Gasteiger partial charge in [-0.1, -0.05) is 47.5 Å². The lowest BCUT2D eigenvalue weighted by molar-refractivity contribution is -0.130. The van der Waals surface area contributed by atoms with E-state index in [1.807, 2.05) is 29.2 Å². The van der Waals surface area contributed by atoms with Crippen molar-refractivity contribution >= 4 is 23.2 Å². The van der Waals surface area contributed by atoms with Crippen LogP contribution in [0.15, 0.2) is 48.5 Å². The quantitative estimate of drug-likeness (QED) is 0.893. The van der Waals surface area contributed by atoms with E-state index in [9.17, 15) is 4.79 Å². The van der Waals surface area contributed by atoms with Crippen LogP contribution in [0.2, 0.25) is 5.02 Å². The lowest BCUT2D eigenvalue weighted by Crippen LogP contribution is -2.50. The largest absolute Gasteiger partial charge is 0.368 e. The van der Waals surface area contributed by atoms with Gasteiger partial charge in [0.15, 0.2) is 0 Å². The van der Waals surface area contributed by atoms with Crippen molar-refractivity contribution < 1.29 is 4.79 Å². The number of piperazine rings is 1. The van der Waals surface area contributed by atoms with Gasteiger partial charge in [-0.25, -0.2) is 0 Å². The number of aryl methyl sites for hydroxylation is 1. The second-order valence-electron chi connectivity index (χ2n) is 6.44. The highest BCUT2D eigenvalue weighted by molar-refractivity contribution is 6.30. The topological polar surface area (TPSA) is 35.6 Å². The van der Waals surface area contributed by atoms with Crippen molar-refractivity contribution in [2.75, 3.05) is 37.6 Å². The summed E-state index contributed by atoms with van der Waals surface area (Å²) in [5.74, 6) is 0.165. The number of carbonyl (C=O) groups is 1. The van der Waals surface area contributed by atoms with Crippen molar-refractivity contribution in [1.82, 2.24) is 10.2 Å². The van der Waals surface area contributed by atoms with E-state index in [1.54, 1.807) is 0 Å². The predicted octanol–water partition coefficient (Wildman–Crippen LogP) is 3.09. The third kappa shape index (κ3) is 4.97. The van der Waals surface area contributed by atoms with Gasteiger partial charge >= 0.3 is 0 Å². The smallest absolute Gasteiger partial charge is 0.236 e. The molecule has 0 aromatic heterocycles. The van der Waals surface area contributed by atoms with Gasteiger partial charge in [0, 0.05) is 43.4 Å². The summed E-state index contributed by atoms with van der Waals surface area (Å²) in [6.45, 7) is 6.35. The minimum Gasteiger partial charge on any atom is -0.368 e. The van der Waals surface area contributed by atoms with Crippen LogP contribution in [0, 0.1) is 6.92 Å². The first-order valence-electron chi connectivity index (χ1n) is 8.66. The Morgan fingerprint density at radius 3 is 2.56 bits per heavy atom. The summed E-state index contributed by atoms with van der Waals surface area (Å²) in [5, 5.41) is 4.00. The third-order valence-electron chi connectivity index (χ3n) is 4.49. The van der Waals surface area contributed by atoms with Crippen LogP contribution in [0.1, 0.15) is 11.1 Å². The Balaban J connectivity index is 1.44. The Bertz CT molecular complexity index is 726. The van der Waals surface area contributed by atoms with Crippen LogP contribution in [-0.2, 0) is 11.3 Å². The van der Waals surface area contributed by atoms with Gasteiger partial charge < -0.3 is 15.1 Å². The van der Waals surface area contributed by atoms with Crippen LogP contribution < -0.4 is 10.2 Å². The molecule has 4 nitrogen and oxygen atoms in total. The molecule has 0 unspecified atom stereocenters. The van der Waals surface area contributed by atoms with Gasteiger partial charge in [0.25, 0.3) is 0 Å². The molecule has 1 aliphatic rings. The summed E-state index contributed by atoms with van der Waals surface area (Å²) in [4.78, 5) is 16.6. The van der Waals surface area contributed by atoms with Gasteiger partial charge in [-0.15, -0.1) is 0 Å². The van der Waals surface area contributed by atoms with E-state index in [0.717, 1.165) is 43.4 Å². The average Bonchev–Trinajstić information content (AvgIpc) is 2.62. The second kappa shape index (κ2) is 8.37. The molecule has 0 spiro atoms.